The van der Waals surface area contributed by atoms with Crippen molar-refractivity contribution in [2.24, 2.45) is 0 Å². The van der Waals surface area contributed by atoms with Crippen molar-refractivity contribution < 1.29 is 4.39 Å². The van der Waals surface area contributed by atoms with Gasteiger partial charge in [-0.2, -0.15) is 4.98 Å². The quantitative estimate of drug-likeness (QED) is 0.870. The summed E-state index contributed by atoms with van der Waals surface area (Å²) in [5.41, 5.74) is 1.47. The normalized spacial score (nSPS) is 10.4. The van der Waals surface area contributed by atoms with Crippen LogP contribution in [0, 0.1) is 12.7 Å². The lowest BCUT2D eigenvalue weighted by atomic mass is 10.3. The van der Waals surface area contributed by atoms with Crippen LogP contribution in [-0.4, -0.2) is 16.5 Å². The summed E-state index contributed by atoms with van der Waals surface area (Å²) in [5.74, 6) is 0.724. The molecule has 0 saturated heterocycles. The van der Waals surface area contributed by atoms with Gasteiger partial charge in [0.2, 0.25) is 5.95 Å². The third-order valence-corrected chi connectivity index (χ3v) is 2.99. The van der Waals surface area contributed by atoms with Crippen molar-refractivity contribution in [3.05, 3.63) is 40.8 Å². The van der Waals surface area contributed by atoms with Gasteiger partial charge < -0.3 is 10.6 Å². The van der Waals surface area contributed by atoms with Crippen molar-refractivity contribution in [2.45, 2.75) is 20.3 Å². The molecule has 1 aromatic carbocycles. The Hall–Kier alpha value is -1.88. The lowest BCUT2D eigenvalue weighted by Crippen LogP contribution is -2.06. The number of nitrogens with zero attached hydrogens (tertiary/aromatic N) is 2. The van der Waals surface area contributed by atoms with Gasteiger partial charge in [0.1, 0.15) is 11.6 Å². The van der Waals surface area contributed by atoms with Crippen LogP contribution in [-0.2, 0) is 0 Å². The third kappa shape index (κ3) is 3.57. The number of benzene rings is 1. The first-order valence-corrected chi connectivity index (χ1v) is 6.77. The maximum absolute atomic E-state index is 13.4. The first-order valence-electron chi connectivity index (χ1n) is 6.39. The number of nitrogens with one attached hydrogen (secondary N) is 2. The molecule has 1 heterocycles. The van der Waals surface area contributed by atoms with E-state index in [1.165, 1.54) is 12.1 Å². The molecular weight excluding hydrogens is 279 g/mol. The van der Waals surface area contributed by atoms with E-state index in [-0.39, 0.29) is 5.02 Å². The molecule has 106 valence electrons. The third-order valence-electron chi connectivity index (χ3n) is 2.69. The fourth-order valence-corrected chi connectivity index (χ4v) is 1.72. The zero-order chi connectivity index (χ0) is 14.5. The van der Waals surface area contributed by atoms with Gasteiger partial charge in [0.15, 0.2) is 0 Å². The Balaban J connectivity index is 2.20. The lowest BCUT2D eigenvalue weighted by molar-refractivity contribution is 0.629. The topological polar surface area (TPSA) is 49.8 Å². The van der Waals surface area contributed by atoms with Crippen LogP contribution < -0.4 is 10.6 Å². The molecule has 6 heteroatoms. The standard InChI is InChI=1S/C14H16ClFN4/c1-3-6-17-14-18-8-9(2)13(20-14)19-10-4-5-11(15)12(16)7-10/h4-5,7-8H,3,6H2,1-2H3,(H2,17,18,19,20). The van der Waals surface area contributed by atoms with E-state index in [0.717, 1.165) is 18.5 Å². The number of hydrogen-bond acceptors (Lipinski definition) is 4. The Kier molecular flexibility index (Phi) is 4.74. The molecule has 1 aromatic heterocycles. The SMILES string of the molecule is CCCNc1ncc(C)c(Nc2ccc(Cl)c(F)c2)n1. The molecule has 0 saturated carbocycles. The van der Waals surface area contributed by atoms with Crippen LogP contribution in [0.5, 0.6) is 0 Å². The predicted octanol–water partition coefficient (Wildman–Crippen LogP) is 4.14. The van der Waals surface area contributed by atoms with Crippen molar-refractivity contribution in [3.63, 3.8) is 0 Å². The molecule has 2 rings (SSSR count). The highest BCUT2D eigenvalue weighted by molar-refractivity contribution is 6.30. The maximum Gasteiger partial charge on any atom is 0.224 e. The number of hydrogen-bond donors (Lipinski definition) is 2. The number of aromatic nitrogens is 2. The summed E-state index contributed by atoms with van der Waals surface area (Å²) < 4.78 is 13.4. The largest absolute Gasteiger partial charge is 0.354 e. The van der Waals surface area contributed by atoms with Crippen molar-refractivity contribution in [1.82, 2.24) is 9.97 Å². The molecule has 0 unspecified atom stereocenters. The molecule has 2 aromatic rings. The van der Waals surface area contributed by atoms with Gasteiger partial charge in [-0.1, -0.05) is 18.5 Å². The zero-order valence-electron chi connectivity index (χ0n) is 11.4. The van der Waals surface area contributed by atoms with Crippen LogP contribution in [0.2, 0.25) is 5.02 Å². The maximum atomic E-state index is 13.4. The molecule has 0 atom stereocenters. The molecule has 0 bridgehead atoms. The Bertz CT molecular complexity index is 604. The van der Waals surface area contributed by atoms with Crippen molar-refractivity contribution in [2.75, 3.05) is 17.2 Å². The smallest absolute Gasteiger partial charge is 0.224 e. The van der Waals surface area contributed by atoms with E-state index in [9.17, 15) is 4.39 Å². The lowest BCUT2D eigenvalue weighted by Gasteiger charge is -2.11. The van der Waals surface area contributed by atoms with Crippen LogP contribution in [0.15, 0.2) is 24.4 Å². The van der Waals surface area contributed by atoms with Crippen LogP contribution in [0.25, 0.3) is 0 Å². The van der Waals surface area contributed by atoms with Gasteiger partial charge in [-0.05, 0) is 31.5 Å². The number of halogens is 2. The van der Waals surface area contributed by atoms with E-state index in [1.807, 2.05) is 6.92 Å². The summed E-state index contributed by atoms with van der Waals surface area (Å²) in [7, 11) is 0. The van der Waals surface area contributed by atoms with Gasteiger partial charge in [0, 0.05) is 24.0 Å². The molecule has 0 aliphatic heterocycles. The Morgan fingerprint density at radius 3 is 2.85 bits per heavy atom. The van der Waals surface area contributed by atoms with Gasteiger partial charge in [0.05, 0.1) is 5.02 Å². The highest BCUT2D eigenvalue weighted by Gasteiger charge is 2.06. The second kappa shape index (κ2) is 6.52. The van der Waals surface area contributed by atoms with Crippen LogP contribution >= 0.6 is 11.6 Å². The Morgan fingerprint density at radius 1 is 1.35 bits per heavy atom. The van der Waals surface area contributed by atoms with Crippen molar-refractivity contribution in [3.8, 4) is 0 Å². The monoisotopic (exact) mass is 294 g/mol. The molecule has 0 aliphatic carbocycles. The van der Waals surface area contributed by atoms with Gasteiger partial charge in [0.25, 0.3) is 0 Å². The predicted molar refractivity (Wildman–Crippen MR) is 80.2 cm³/mol. The molecule has 4 nitrogen and oxygen atoms in total. The van der Waals surface area contributed by atoms with Gasteiger partial charge >= 0.3 is 0 Å². The fourth-order valence-electron chi connectivity index (χ4n) is 1.60. The van der Waals surface area contributed by atoms with E-state index in [4.69, 9.17) is 11.6 Å². The van der Waals surface area contributed by atoms with Crippen LogP contribution in [0.4, 0.5) is 21.8 Å². The summed E-state index contributed by atoms with van der Waals surface area (Å²) in [5, 5.41) is 6.28. The molecule has 20 heavy (non-hydrogen) atoms. The van der Waals surface area contributed by atoms with Crippen LogP contribution in [0.3, 0.4) is 0 Å². The minimum absolute atomic E-state index is 0.0975. The Labute approximate surface area is 122 Å². The summed E-state index contributed by atoms with van der Waals surface area (Å²) in [6.07, 6.45) is 2.71. The van der Waals surface area contributed by atoms with Gasteiger partial charge in [-0.15, -0.1) is 0 Å². The van der Waals surface area contributed by atoms with Crippen LogP contribution in [0.1, 0.15) is 18.9 Å². The van der Waals surface area contributed by atoms with E-state index in [0.29, 0.717) is 17.5 Å². The molecule has 0 amide bonds. The minimum atomic E-state index is -0.465. The first kappa shape index (κ1) is 14.5. The second-order valence-electron chi connectivity index (χ2n) is 4.41. The van der Waals surface area contributed by atoms with E-state index in [1.54, 1.807) is 12.3 Å². The van der Waals surface area contributed by atoms with Crippen molar-refractivity contribution in [1.29, 1.82) is 0 Å². The van der Waals surface area contributed by atoms with E-state index < -0.39 is 5.82 Å². The summed E-state index contributed by atoms with van der Waals surface area (Å²) in [6, 6.07) is 4.54. The first-order chi connectivity index (χ1) is 9.60. The van der Waals surface area contributed by atoms with E-state index >= 15 is 0 Å². The zero-order valence-corrected chi connectivity index (χ0v) is 12.1. The number of anilines is 3. The molecule has 2 N–H and O–H groups in total. The highest BCUT2D eigenvalue weighted by Crippen LogP contribution is 2.23. The summed E-state index contributed by atoms with van der Waals surface area (Å²) in [6.45, 7) is 4.76. The number of rotatable bonds is 5. The molecule has 0 spiro atoms. The molecule has 0 radical (unpaired) electrons. The van der Waals surface area contributed by atoms with Gasteiger partial charge in [-0.3, -0.25) is 0 Å². The summed E-state index contributed by atoms with van der Waals surface area (Å²) in [4.78, 5) is 8.56. The number of aryl methyl sites for hydroxylation is 1. The van der Waals surface area contributed by atoms with Crippen molar-refractivity contribution >= 4 is 29.1 Å². The average molecular weight is 295 g/mol. The Morgan fingerprint density at radius 2 is 2.15 bits per heavy atom. The second-order valence-corrected chi connectivity index (χ2v) is 4.81. The molecule has 0 fully saturated rings. The fraction of sp³-hybridized carbons (Fsp3) is 0.286. The van der Waals surface area contributed by atoms with E-state index in [2.05, 4.69) is 27.5 Å². The molecular formula is C14H16ClFN4. The summed E-state index contributed by atoms with van der Waals surface area (Å²) >= 11 is 5.66. The van der Waals surface area contributed by atoms with Gasteiger partial charge in [-0.25, -0.2) is 9.37 Å². The average Bonchev–Trinajstić information content (AvgIpc) is 2.44. The minimum Gasteiger partial charge on any atom is -0.354 e. The highest BCUT2D eigenvalue weighted by atomic mass is 35.5. The molecule has 0 aliphatic rings.